The molecule has 6 atom stereocenters. The molecule has 3 saturated heterocycles. The van der Waals surface area contributed by atoms with Crippen molar-refractivity contribution in [3.8, 4) is 11.8 Å². The van der Waals surface area contributed by atoms with E-state index in [4.69, 9.17) is 5.73 Å². The molecule has 0 aliphatic carbocycles. The molecule has 8 N–H and O–H groups in total. The van der Waals surface area contributed by atoms with Crippen LogP contribution in [0, 0.1) is 11.8 Å². The smallest absolute Gasteiger partial charge is 0.370 e. The van der Waals surface area contributed by atoms with E-state index >= 15 is 4.79 Å². The Labute approximate surface area is 486 Å². The topological polar surface area (TPSA) is 295 Å². The number of piperidine rings is 1. The number of alkyl halides is 2. The third kappa shape index (κ3) is 13.9. The summed E-state index contributed by atoms with van der Waals surface area (Å²) in [6, 6.07) is 22.3. The first kappa shape index (κ1) is 60.4. The molecule has 3 fully saturated rings. The summed E-state index contributed by atoms with van der Waals surface area (Å²) in [4.78, 5) is 145. The van der Waals surface area contributed by atoms with E-state index in [-0.39, 0.29) is 92.6 Å². The largest absolute Gasteiger partial charge is 0.399 e. The van der Waals surface area contributed by atoms with E-state index in [1.165, 1.54) is 26.8 Å². The van der Waals surface area contributed by atoms with Crippen molar-refractivity contribution in [3.05, 3.63) is 141 Å². The van der Waals surface area contributed by atoms with Gasteiger partial charge in [0.05, 0.1) is 10.9 Å². The molecule has 0 bridgehead atoms. The molecule has 0 saturated carbocycles. The number of hydrogen-bond acceptors (Lipinski definition) is 11. The standard InChI is InChI=1S/C60H63F2N8O12PS/c61-60(62,83(80,81)82)40-21-26-49-39(32-40)33-50(84-49)57(77)66-46-35-68(53(73)20-11-3-1-2-8-15-37-18-12-19-42-43(37)34-69(58(42)78)47-25-28-52(72)67-55(47)75)30-29-41-22-24-48(70(41)59(46)79)56(76)64-44(23-27-51(63)71)54(74)65-45(38-16-9-5-10-17-38)31-36-13-6-4-7-14-36/h4-7,9-10,12-14,16-19,21,26,32-33,41,44-48H,1-3,11,20,22-25,27-31,34-35H2,(H2,63,71)(H,64,76)(H,65,74)(H,66,77)(H,67,72,75)(H2,80,81,82)/t41-,44?,45?,46+,47?,48+/m1/s1. The minimum Gasteiger partial charge on any atom is -0.370 e. The number of carbonyl (C=O) groups is 9. The molecule has 1 aromatic heterocycles. The Morgan fingerprint density at radius 1 is 0.857 bits per heavy atom. The van der Waals surface area contributed by atoms with Crippen molar-refractivity contribution in [1.82, 2.24) is 36.0 Å². The van der Waals surface area contributed by atoms with E-state index in [9.17, 15) is 61.5 Å². The van der Waals surface area contributed by atoms with Gasteiger partial charge in [-0.1, -0.05) is 91.1 Å². The second-order valence-electron chi connectivity index (χ2n) is 21.4. The number of carbonyl (C=O) groups excluding carboxylic acids is 9. The van der Waals surface area contributed by atoms with Crippen LogP contribution >= 0.6 is 18.9 Å². The normalized spacial score (nSPS) is 19.7. The number of nitrogens with two attached hydrogens (primary N) is 1. The summed E-state index contributed by atoms with van der Waals surface area (Å²) in [6.45, 7) is 0.00340. The molecule has 20 nitrogen and oxygen atoms in total. The number of rotatable bonds is 20. The highest BCUT2D eigenvalue weighted by molar-refractivity contribution is 7.52. The number of imide groups is 1. The van der Waals surface area contributed by atoms with Gasteiger partial charge in [-0.15, -0.1) is 11.3 Å². The molecule has 9 rings (SSSR count). The van der Waals surface area contributed by atoms with E-state index in [2.05, 4.69) is 33.1 Å². The minimum absolute atomic E-state index is 0.0477. The van der Waals surface area contributed by atoms with Crippen LogP contribution in [0.2, 0.25) is 0 Å². The molecule has 5 heterocycles. The summed E-state index contributed by atoms with van der Waals surface area (Å²) >= 11 is 0.872. The monoisotopic (exact) mass is 1190 g/mol. The number of amides is 9. The molecule has 3 unspecified atom stereocenters. The first-order chi connectivity index (χ1) is 40.2. The molecular formula is C60H63F2N8O12PS. The quantitative estimate of drug-likeness (QED) is 0.0222. The maximum Gasteiger partial charge on any atom is 0.399 e. The summed E-state index contributed by atoms with van der Waals surface area (Å²) in [6.07, 6.45) is 3.29. The molecule has 4 aliphatic heterocycles. The number of halogens is 2. The maximum atomic E-state index is 15.1. The van der Waals surface area contributed by atoms with Crippen LogP contribution < -0.4 is 27.0 Å². The first-order valence-corrected chi connectivity index (χ1v) is 30.2. The van der Waals surface area contributed by atoms with Crippen molar-refractivity contribution in [2.75, 3.05) is 13.1 Å². The van der Waals surface area contributed by atoms with Crippen LogP contribution in [0.5, 0.6) is 0 Å². The average Bonchev–Trinajstić information content (AvgIpc) is 3.78. The van der Waals surface area contributed by atoms with Gasteiger partial charge < -0.3 is 46.2 Å². The van der Waals surface area contributed by atoms with Crippen molar-refractivity contribution in [3.63, 3.8) is 0 Å². The SMILES string of the molecule is NC(=O)CCC(NC(=O)[C@@H]1CC[C@@H]2CCN(C(=O)CCCCCC#Cc3cccc4c3CN(C3CCC(=O)NC3=O)C4=O)C[C@H](NC(=O)c3cc4cc(C(F)(F)P(=O)(O)O)ccc4s3)C(=O)N21)C(=O)NC(Cc1ccccc1)c1ccccc1. The summed E-state index contributed by atoms with van der Waals surface area (Å²) < 4.78 is 41.5. The predicted molar refractivity (Wildman–Crippen MR) is 304 cm³/mol. The predicted octanol–water partition coefficient (Wildman–Crippen LogP) is 5.43. The summed E-state index contributed by atoms with van der Waals surface area (Å²) in [7, 11) is -5.92. The summed E-state index contributed by atoms with van der Waals surface area (Å²) in [5, 5.41) is 11.0. The lowest BCUT2D eigenvalue weighted by atomic mass is 9.98. The lowest BCUT2D eigenvalue weighted by Gasteiger charge is -2.39. The van der Waals surface area contributed by atoms with E-state index in [0.29, 0.717) is 59.9 Å². The number of primary amides is 1. The van der Waals surface area contributed by atoms with Crippen LogP contribution in [0.25, 0.3) is 10.1 Å². The molecule has 4 aromatic carbocycles. The van der Waals surface area contributed by atoms with Crippen molar-refractivity contribution < 1.29 is 66.3 Å². The van der Waals surface area contributed by atoms with Crippen LogP contribution in [0.15, 0.2) is 103 Å². The van der Waals surface area contributed by atoms with Crippen LogP contribution in [-0.2, 0) is 56.8 Å². The fraction of sp³-hybridized carbons (Fsp3) is 0.383. The third-order valence-electron chi connectivity index (χ3n) is 15.7. The van der Waals surface area contributed by atoms with Crippen molar-refractivity contribution >= 4 is 82.2 Å². The van der Waals surface area contributed by atoms with Gasteiger partial charge in [-0.05, 0) is 104 Å². The van der Waals surface area contributed by atoms with Crippen molar-refractivity contribution in [1.29, 1.82) is 0 Å². The van der Waals surface area contributed by atoms with Crippen molar-refractivity contribution in [2.45, 2.75) is 132 Å². The van der Waals surface area contributed by atoms with E-state index < -0.39 is 90.5 Å². The lowest BCUT2D eigenvalue weighted by Crippen LogP contribution is -2.62. The van der Waals surface area contributed by atoms with Gasteiger partial charge in [0.2, 0.25) is 41.4 Å². The molecule has 440 valence electrons. The fourth-order valence-electron chi connectivity index (χ4n) is 11.3. The summed E-state index contributed by atoms with van der Waals surface area (Å²) in [5.41, 5.74) is 3.58. The Morgan fingerprint density at radius 2 is 1.61 bits per heavy atom. The second-order valence-corrected chi connectivity index (χ2v) is 24.2. The zero-order chi connectivity index (χ0) is 59.9. The number of fused-ring (bicyclic) bond motifs is 3. The third-order valence-corrected chi connectivity index (χ3v) is 17.8. The number of thiophene rings is 1. The van der Waals surface area contributed by atoms with E-state index in [1.54, 1.807) is 18.2 Å². The molecular weight excluding hydrogens is 1130 g/mol. The minimum atomic E-state index is -5.92. The highest BCUT2D eigenvalue weighted by Gasteiger charge is 2.51. The van der Waals surface area contributed by atoms with Gasteiger partial charge in [-0.3, -0.25) is 53.0 Å². The Bertz CT molecular complexity index is 3500. The number of nitrogens with zero attached hydrogens (tertiary/aromatic N) is 3. The molecule has 0 spiro atoms. The van der Waals surface area contributed by atoms with Gasteiger partial charge in [-0.25, -0.2) is 0 Å². The fourth-order valence-corrected chi connectivity index (χ4v) is 12.7. The second kappa shape index (κ2) is 26.2. The van der Waals surface area contributed by atoms with Crippen LogP contribution in [-0.4, -0.2) is 121 Å². The molecule has 9 amide bonds. The highest BCUT2D eigenvalue weighted by atomic mass is 32.1. The van der Waals surface area contributed by atoms with Gasteiger partial charge in [0.25, 0.3) is 11.8 Å². The van der Waals surface area contributed by atoms with Crippen LogP contribution in [0.4, 0.5) is 8.78 Å². The van der Waals surface area contributed by atoms with Gasteiger partial charge in [0, 0.05) is 72.7 Å². The van der Waals surface area contributed by atoms with Gasteiger partial charge in [0.1, 0.15) is 24.2 Å². The van der Waals surface area contributed by atoms with Gasteiger partial charge >= 0.3 is 13.3 Å². The Kier molecular flexibility index (Phi) is 18.8. The van der Waals surface area contributed by atoms with E-state index in [1.807, 2.05) is 60.7 Å². The molecule has 24 heteroatoms. The maximum absolute atomic E-state index is 15.1. The van der Waals surface area contributed by atoms with Crippen LogP contribution in [0.1, 0.15) is 131 Å². The van der Waals surface area contributed by atoms with Gasteiger partial charge in [0.15, 0.2) is 0 Å². The van der Waals surface area contributed by atoms with Crippen LogP contribution in [0.3, 0.4) is 0 Å². The molecule has 5 aromatic rings. The molecule has 84 heavy (non-hydrogen) atoms. The number of nitrogens with one attached hydrogen (secondary N) is 4. The molecule has 0 radical (unpaired) electrons. The number of benzene rings is 4. The highest BCUT2D eigenvalue weighted by Crippen LogP contribution is 2.59. The van der Waals surface area contributed by atoms with Gasteiger partial charge in [-0.2, -0.15) is 8.78 Å². The molecule has 4 aliphatic rings. The first-order valence-electron chi connectivity index (χ1n) is 27.8. The zero-order valence-electron chi connectivity index (χ0n) is 45.6. The van der Waals surface area contributed by atoms with E-state index in [0.717, 1.165) is 34.6 Å². The van der Waals surface area contributed by atoms with Crippen molar-refractivity contribution in [2.24, 2.45) is 5.73 Å². The Morgan fingerprint density at radius 3 is 2.33 bits per heavy atom. The summed E-state index contributed by atoms with van der Waals surface area (Å²) in [5.74, 6) is 1.31. The Hall–Kier alpha value is -8.16. The number of hydrogen-bond donors (Lipinski definition) is 7. The Balaban J connectivity index is 0.886. The average molecular weight is 1190 g/mol. The number of unbranched alkanes of at least 4 members (excludes halogenated alkanes) is 3. The lowest BCUT2D eigenvalue weighted by molar-refractivity contribution is -0.145. The zero-order valence-corrected chi connectivity index (χ0v) is 47.3.